The molecule has 0 spiro atoms. The minimum Gasteiger partial charge on any atom is -0.309 e. The fourth-order valence-corrected chi connectivity index (χ4v) is 3.36. The summed E-state index contributed by atoms with van der Waals surface area (Å²) in [6.45, 7) is 9.31. The van der Waals surface area contributed by atoms with E-state index < -0.39 is 0 Å². The molecular formula is C18H27N5. The molecule has 0 unspecified atom stereocenters. The highest BCUT2D eigenvalue weighted by Crippen LogP contribution is 2.20. The smallest absolute Gasteiger partial charge is 0.117 e. The number of rotatable bonds is 7. The van der Waals surface area contributed by atoms with Crippen LogP contribution in [0.4, 0.5) is 0 Å². The third-order valence-corrected chi connectivity index (χ3v) is 4.63. The Morgan fingerprint density at radius 1 is 1.13 bits per heavy atom. The molecule has 5 heteroatoms. The van der Waals surface area contributed by atoms with Crippen molar-refractivity contribution in [1.82, 2.24) is 25.2 Å². The van der Waals surface area contributed by atoms with Crippen LogP contribution < -0.4 is 5.32 Å². The highest BCUT2D eigenvalue weighted by Gasteiger charge is 2.22. The molecule has 1 aliphatic rings. The Balaban J connectivity index is 1.66. The first-order valence-corrected chi connectivity index (χ1v) is 8.76. The lowest BCUT2D eigenvalue weighted by Gasteiger charge is -2.22. The lowest BCUT2D eigenvalue weighted by atomic mass is 10.1. The first-order chi connectivity index (χ1) is 11.3. The van der Waals surface area contributed by atoms with Crippen molar-refractivity contribution in [2.45, 2.75) is 45.8 Å². The van der Waals surface area contributed by atoms with Crippen LogP contribution in [0.1, 0.15) is 32.4 Å². The van der Waals surface area contributed by atoms with Crippen molar-refractivity contribution in [3.63, 3.8) is 0 Å². The lowest BCUT2D eigenvalue weighted by Crippen LogP contribution is -2.37. The zero-order chi connectivity index (χ0) is 16.1. The summed E-state index contributed by atoms with van der Waals surface area (Å²) in [5.74, 6) is 0. The molecule has 1 aromatic heterocycles. The van der Waals surface area contributed by atoms with Crippen LogP contribution in [-0.2, 0) is 13.1 Å². The van der Waals surface area contributed by atoms with Crippen LogP contribution in [0.5, 0.6) is 0 Å². The van der Waals surface area contributed by atoms with Gasteiger partial charge in [-0.1, -0.05) is 37.3 Å². The van der Waals surface area contributed by atoms with Gasteiger partial charge in [0.05, 0.1) is 6.54 Å². The Hall–Kier alpha value is -1.72. The summed E-state index contributed by atoms with van der Waals surface area (Å²) in [6.07, 6.45) is 2.62. The van der Waals surface area contributed by atoms with E-state index in [1.54, 1.807) is 4.80 Å². The van der Waals surface area contributed by atoms with E-state index in [0.29, 0.717) is 6.04 Å². The van der Waals surface area contributed by atoms with Gasteiger partial charge in [-0.3, -0.25) is 4.90 Å². The molecule has 0 radical (unpaired) electrons. The number of hydrogen-bond donors (Lipinski definition) is 1. The van der Waals surface area contributed by atoms with Crippen LogP contribution in [-0.4, -0.2) is 45.6 Å². The predicted octanol–water partition coefficient (Wildman–Crippen LogP) is 2.54. The first kappa shape index (κ1) is 16.1. The predicted molar refractivity (Wildman–Crippen MR) is 93.1 cm³/mol. The van der Waals surface area contributed by atoms with E-state index in [1.165, 1.54) is 19.4 Å². The van der Waals surface area contributed by atoms with E-state index in [2.05, 4.69) is 58.5 Å². The monoisotopic (exact) mass is 313 g/mol. The number of nitrogens with zero attached hydrogens (tertiary/aromatic N) is 4. The van der Waals surface area contributed by atoms with Crippen molar-refractivity contribution >= 4 is 0 Å². The molecule has 124 valence electrons. The standard InChI is InChI=1S/C18H27N5/c1-3-22-12-8-11-16(22)13-19-14-17-18(21-23(4-2)20-17)15-9-6-5-7-10-15/h5-7,9-10,16,19H,3-4,8,11-14H2,1-2H3/t16-/m0/s1. The fraction of sp³-hybridized carbons (Fsp3) is 0.556. The zero-order valence-electron chi connectivity index (χ0n) is 14.2. The Kier molecular flexibility index (Phi) is 5.41. The molecule has 2 heterocycles. The number of hydrogen-bond acceptors (Lipinski definition) is 4. The third kappa shape index (κ3) is 3.79. The van der Waals surface area contributed by atoms with Gasteiger partial charge >= 0.3 is 0 Å². The number of likely N-dealkylation sites (N-methyl/N-ethyl adjacent to an activating group) is 1. The summed E-state index contributed by atoms with van der Waals surface area (Å²) >= 11 is 0. The van der Waals surface area contributed by atoms with Gasteiger partial charge in [-0.15, -0.1) is 0 Å². The van der Waals surface area contributed by atoms with Crippen LogP contribution in [0.3, 0.4) is 0 Å². The summed E-state index contributed by atoms with van der Waals surface area (Å²) in [6, 6.07) is 11.0. The normalized spacial score (nSPS) is 18.6. The van der Waals surface area contributed by atoms with Crippen molar-refractivity contribution in [3.05, 3.63) is 36.0 Å². The molecule has 5 nitrogen and oxygen atoms in total. The Morgan fingerprint density at radius 3 is 2.70 bits per heavy atom. The average Bonchev–Trinajstić information content (AvgIpc) is 3.22. The summed E-state index contributed by atoms with van der Waals surface area (Å²) in [4.78, 5) is 4.35. The Labute approximate surface area is 138 Å². The first-order valence-electron chi connectivity index (χ1n) is 8.76. The van der Waals surface area contributed by atoms with Crippen LogP contribution in [0.15, 0.2) is 30.3 Å². The summed E-state index contributed by atoms with van der Waals surface area (Å²) < 4.78 is 0. The van der Waals surface area contributed by atoms with Gasteiger partial charge in [0.1, 0.15) is 11.4 Å². The van der Waals surface area contributed by atoms with Gasteiger partial charge in [-0.05, 0) is 32.9 Å². The van der Waals surface area contributed by atoms with E-state index >= 15 is 0 Å². The van der Waals surface area contributed by atoms with Crippen LogP contribution in [0.25, 0.3) is 11.3 Å². The number of aromatic nitrogens is 3. The second-order valence-corrected chi connectivity index (χ2v) is 6.11. The van der Waals surface area contributed by atoms with Gasteiger partial charge in [0, 0.05) is 24.7 Å². The number of benzene rings is 1. The van der Waals surface area contributed by atoms with Crippen LogP contribution >= 0.6 is 0 Å². The maximum atomic E-state index is 4.64. The minimum atomic E-state index is 0.668. The number of likely N-dealkylation sites (tertiary alicyclic amines) is 1. The van der Waals surface area contributed by atoms with Crippen LogP contribution in [0, 0.1) is 0 Å². The third-order valence-electron chi connectivity index (χ3n) is 4.63. The van der Waals surface area contributed by atoms with Crippen molar-refractivity contribution < 1.29 is 0 Å². The van der Waals surface area contributed by atoms with Gasteiger partial charge in [-0.25, -0.2) is 0 Å². The molecule has 1 aromatic carbocycles. The maximum Gasteiger partial charge on any atom is 0.117 e. The SMILES string of the molecule is CCN1CCC[C@H]1CNCc1nn(CC)nc1-c1ccccc1. The molecule has 23 heavy (non-hydrogen) atoms. The van der Waals surface area contributed by atoms with Gasteiger partial charge in [0.15, 0.2) is 0 Å². The second-order valence-electron chi connectivity index (χ2n) is 6.11. The van der Waals surface area contributed by atoms with Crippen molar-refractivity contribution in [2.24, 2.45) is 0 Å². The van der Waals surface area contributed by atoms with Gasteiger partial charge in [0.2, 0.25) is 0 Å². The molecule has 1 aliphatic heterocycles. The van der Waals surface area contributed by atoms with E-state index in [9.17, 15) is 0 Å². The van der Waals surface area contributed by atoms with E-state index in [1.807, 2.05) is 6.07 Å². The topological polar surface area (TPSA) is 46.0 Å². The summed E-state index contributed by atoms with van der Waals surface area (Å²) in [5.41, 5.74) is 3.18. The van der Waals surface area contributed by atoms with Crippen LogP contribution in [0.2, 0.25) is 0 Å². The van der Waals surface area contributed by atoms with Gasteiger partial charge in [0.25, 0.3) is 0 Å². The average molecular weight is 313 g/mol. The number of aryl methyl sites for hydroxylation is 1. The molecule has 2 aromatic rings. The van der Waals surface area contributed by atoms with Crippen molar-refractivity contribution in [1.29, 1.82) is 0 Å². The fourth-order valence-electron chi connectivity index (χ4n) is 3.36. The molecule has 0 saturated carbocycles. The number of nitrogens with one attached hydrogen (secondary N) is 1. The molecule has 1 N–H and O–H groups in total. The van der Waals surface area contributed by atoms with Crippen molar-refractivity contribution in [3.8, 4) is 11.3 Å². The van der Waals surface area contributed by atoms with Crippen molar-refractivity contribution in [2.75, 3.05) is 19.6 Å². The van der Waals surface area contributed by atoms with Gasteiger partial charge in [-0.2, -0.15) is 15.0 Å². The molecular weight excluding hydrogens is 286 g/mol. The lowest BCUT2D eigenvalue weighted by molar-refractivity contribution is 0.259. The van der Waals surface area contributed by atoms with E-state index in [4.69, 9.17) is 0 Å². The zero-order valence-corrected chi connectivity index (χ0v) is 14.2. The highest BCUT2D eigenvalue weighted by molar-refractivity contribution is 5.60. The maximum absolute atomic E-state index is 4.64. The molecule has 0 aliphatic carbocycles. The van der Waals surface area contributed by atoms with E-state index in [-0.39, 0.29) is 0 Å². The quantitative estimate of drug-likeness (QED) is 0.853. The summed E-state index contributed by atoms with van der Waals surface area (Å²) in [7, 11) is 0. The summed E-state index contributed by atoms with van der Waals surface area (Å²) in [5, 5.41) is 12.9. The minimum absolute atomic E-state index is 0.668. The molecule has 1 fully saturated rings. The molecule has 0 amide bonds. The highest BCUT2D eigenvalue weighted by atomic mass is 15.5. The molecule has 0 bridgehead atoms. The largest absolute Gasteiger partial charge is 0.309 e. The Bertz CT molecular complexity index is 607. The second kappa shape index (κ2) is 7.70. The molecule has 3 rings (SSSR count). The molecule has 1 saturated heterocycles. The molecule has 1 atom stereocenters. The van der Waals surface area contributed by atoms with E-state index in [0.717, 1.165) is 43.1 Å². The Morgan fingerprint density at radius 2 is 1.96 bits per heavy atom. The van der Waals surface area contributed by atoms with Gasteiger partial charge < -0.3 is 5.32 Å².